The molecule has 1 aromatic carbocycles. The molecule has 1 N–H and O–H groups in total. The van der Waals surface area contributed by atoms with E-state index in [1.165, 1.54) is 0 Å². The molecule has 2 heterocycles. The quantitative estimate of drug-likeness (QED) is 0.876. The van der Waals surface area contributed by atoms with Crippen LogP contribution in [0.25, 0.3) is 11.8 Å². The van der Waals surface area contributed by atoms with Crippen LogP contribution in [0.4, 0.5) is 0 Å². The highest BCUT2D eigenvalue weighted by Gasteiger charge is 2.13. The minimum absolute atomic E-state index is 0.0119. The maximum Gasteiger partial charge on any atom is 0.260 e. The van der Waals surface area contributed by atoms with Gasteiger partial charge in [0.2, 0.25) is 0 Å². The van der Waals surface area contributed by atoms with E-state index in [0.717, 1.165) is 37.2 Å². The number of hydrogen-bond donors (Lipinski definition) is 1. The van der Waals surface area contributed by atoms with Crippen LogP contribution in [0.2, 0.25) is 0 Å². The maximum atomic E-state index is 12.0. The number of rotatable bonds is 3. The van der Waals surface area contributed by atoms with E-state index in [0.29, 0.717) is 0 Å². The van der Waals surface area contributed by atoms with Gasteiger partial charge in [-0.15, -0.1) is 0 Å². The normalized spacial score (nSPS) is 15.5. The van der Waals surface area contributed by atoms with Crippen molar-refractivity contribution in [3.05, 3.63) is 54.4 Å². The van der Waals surface area contributed by atoms with Gasteiger partial charge in [0.25, 0.3) is 5.91 Å². The smallest absolute Gasteiger partial charge is 0.260 e. The zero-order valence-electron chi connectivity index (χ0n) is 11.8. The molecule has 108 valence electrons. The first-order chi connectivity index (χ1) is 10.3. The molecule has 0 atom stereocenters. The fraction of sp³-hybridized carbons (Fsp3) is 0.250. The molecule has 5 heteroatoms. The minimum Gasteiger partial charge on any atom is -0.274 e. The zero-order valence-corrected chi connectivity index (χ0v) is 11.8. The molecule has 1 amide bonds. The van der Waals surface area contributed by atoms with Crippen molar-refractivity contribution in [1.29, 1.82) is 0 Å². The summed E-state index contributed by atoms with van der Waals surface area (Å²) >= 11 is 0. The van der Waals surface area contributed by atoms with Gasteiger partial charge in [0.15, 0.2) is 0 Å². The number of nitrogens with zero attached hydrogens (tertiary/aromatic N) is 3. The number of carbonyl (C=O) groups excluding carboxylic acids is 1. The number of hydrazine groups is 1. The van der Waals surface area contributed by atoms with Crippen molar-refractivity contribution in [2.24, 2.45) is 0 Å². The third-order valence-electron chi connectivity index (χ3n) is 3.42. The van der Waals surface area contributed by atoms with Crippen LogP contribution in [0, 0.1) is 0 Å². The molecule has 0 aliphatic carbocycles. The highest BCUT2D eigenvalue weighted by Crippen LogP contribution is 2.09. The first kappa shape index (κ1) is 13.6. The van der Waals surface area contributed by atoms with Crippen LogP contribution in [0.3, 0.4) is 0 Å². The molecule has 0 saturated carbocycles. The molecule has 1 aliphatic heterocycles. The summed E-state index contributed by atoms with van der Waals surface area (Å²) in [6, 6.07) is 9.89. The maximum absolute atomic E-state index is 12.0. The summed E-state index contributed by atoms with van der Waals surface area (Å²) < 4.78 is 1.79. The lowest BCUT2D eigenvalue weighted by atomic mass is 10.2. The van der Waals surface area contributed by atoms with Gasteiger partial charge in [-0.1, -0.05) is 18.2 Å². The minimum atomic E-state index is -0.0119. The number of aromatic nitrogens is 2. The van der Waals surface area contributed by atoms with E-state index in [2.05, 4.69) is 10.5 Å². The molecule has 5 nitrogen and oxygen atoms in total. The van der Waals surface area contributed by atoms with Gasteiger partial charge >= 0.3 is 0 Å². The summed E-state index contributed by atoms with van der Waals surface area (Å²) in [5.41, 5.74) is 5.01. The Kier molecular flexibility index (Phi) is 4.12. The Balaban J connectivity index is 1.66. The molecular formula is C16H18N4O. The molecule has 1 fully saturated rings. The van der Waals surface area contributed by atoms with Crippen LogP contribution in [0.5, 0.6) is 0 Å². The Morgan fingerprint density at radius 1 is 1.24 bits per heavy atom. The van der Waals surface area contributed by atoms with Crippen LogP contribution >= 0.6 is 0 Å². The largest absolute Gasteiger partial charge is 0.274 e. The van der Waals surface area contributed by atoms with Crippen LogP contribution in [0.15, 0.2) is 48.8 Å². The molecule has 0 radical (unpaired) electrons. The third-order valence-corrected chi connectivity index (χ3v) is 3.42. The van der Waals surface area contributed by atoms with E-state index in [1.54, 1.807) is 28.0 Å². The van der Waals surface area contributed by atoms with Crippen molar-refractivity contribution in [2.75, 3.05) is 13.1 Å². The Bertz CT molecular complexity index is 627. The van der Waals surface area contributed by atoms with Gasteiger partial charge in [-0.25, -0.2) is 10.1 Å². The van der Waals surface area contributed by atoms with Gasteiger partial charge in [-0.2, -0.15) is 5.10 Å². The van der Waals surface area contributed by atoms with Crippen molar-refractivity contribution in [2.45, 2.75) is 12.8 Å². The SMILES string of the molecule is O=C(C=Cc1cnn(-c2ccccc2)c1)N1CCCCN1. The van der Waals surface area contributed by atoms with Gasteiger partial charge in [-0.05, 0) is 31.1 Å². The first-order valence-corrected chi connectivity index (χ1v) is 7.16. The lowest BCUT2D eigenvalue weighted by Gasteiger charge is -2.26. The summed E-state index contributed by atoms with van der Waals surface area (Å²) in [6.07, 6.45) is 9.22. The molecule has 1 aliphatic rings. The first-order valence-electron chi connectivity index (χ1n) is 7.16. The van der Waals surface area contributed by atoms with Gasteiger partial charge in [0.05, 0.1) is 11.9 Å². The molecule has 0 bridgehead atoms. The third kappa shape index (κ3) is 3.38. The summed E-state index contributed by atoms with van der Waals surface area (Å²) in [5.74, 6) is -0.0119. The number of hydrogen-bond acceptors (Lipinski definition) is 3. The van der Waals surface area contributed by atoms with E-state index >= 15 is 0 Å². The van der Waals surface area contributed by atoms with E-state index in [-0.39, 0.29) is 5.91 Å². The topological polar surface area (TPSA) is 50.2 Å². The second-order valence-corrected chi connectivity index (χ2v) is 4.99. The highest BCUT2D eigenvalue weighted by molar-refractivity contribution is 5.91. The van der Waals surface area contributed by atoms with Crippen molar-refractivity contribution in [1.82, 2.24) is 20.2 Å². The number of amides is 1. The standard InChI is InChI=1S/C16H18N4O/c21-16(19-11-5-4-10-17-19)9-8-14-12-18-20(13-14)15-6-2-1-3-7-15/h1-3,6-9,12-13,17H,4-5,10-11H2. The Morgan fingerprint density at radius 2 is 2.10 bits per heavy atom. The monoisotopic (exact) mass is 282 g/mol. The average molecular weight is 282 g/mol. The number of para-hydroxylation sites is 1. The number of carbonyl (C=O) groups is 1. The molecule has 2 aromatic rings. The summed E-state index contributed by atoms with van der Waals surface area (Å²) in [7, 11) is 0. The summed E-state index contributed by atoms with van der Waals surface area (Å²) in [6.45, 7) is 1.64. The Hall–Kier alpha value is -2.40. The Labute approximate surface area is 123 Å². The van der Waals surface area contributed by atoms with Crippen molar-refractivity contribution >= 4 is 12.0 Å². The fourth-order valence-electron chi connectivity index (χ4n) is 2.28. The van der Waals surface area contributed by atoms with Crippen LogP contribution in [0.1, 0.15) is 18.4 Å². The van der Waals surface area contributed by atoms with E-state index in [4.69, 9.17) is 0 Å². The zero-order chi connectivity index (χ0) is 14.5. The van der Waals surface area contributed by atoms with Gasteiger partial charge in [0.1, 0.15) is 0 Å². The van der Waals surface area contributed by atoms with Gasteiger partial charge in [-0.3, -0.25) is 9.80 Å². The number of benzene rings is 1. The second kappa shape index (κ2) is 6.37. The number of nitrogens with one attached hydrogen (secondary N) is 1. The summed E-state index contributed by atoms with van der Waals surface area (Å²) in [5, 5.41) is 5.97. The predicted molar refractivity (Wildman–Crippen MR) is 81.5 cm³/mol. The van der Waals surface area contributed by atoms with Crippen molar-refractivity contribution in [3.8, 4) is 5.69 Å². The van der Waals surface area contributed by atoms with Crippen molar-refractivity contribution < 1.29 is 4.79 Å². The molecule has 0 spiro atoms. The lowest BCUT2D eigenvalue weighted by Crippen LogP contribution is -2.46. The molecular weight excluding hydrogens is 264 g/mol. The van der Waals surface area contributed by atoms with Crippen LogP contribution in [-0.2, 0) is 4.79 Å². The van der Waals surface area contributed by atoms with Crippen molar-refractivity contribution in [3.63, 3.8) is 0 Å². The molecule has 1 saturated heterocycles. The fourth-order valence-corrected chi connectivity index (χ4v) is 2.28. The summed E-state index contributed by atoms with van der Waals surface area (Å²) in [4.78, 5) is 12.0. The van der Waals surface area contributed by atoms with Crippen LogP contribution < -0.4 is 5.43 Å². The Morgan fingerprint density at radius 3 is 2.86 bits per heavy atom. The predicted octanol–water partition coefficient (Wildman–Crippen LogP) is 2.01. The van der Waals surface area contributed by atoms with E-state index in [9.17, 15) is 4.79 Å². The molecule has 3 rings (SSSR count). The van der Waals surface area contributed by atoms with E-state index < -0.39 is 0 Å². The highest BCUT2D eigenvalue weighted by atomic mass is 16.2. The van der Waals surface area contributed by atoms with Gasteiger partial charge < -0.3 is 0 Å². The van der Waals surface area contributed by atoms with Gasteiger partial charge in [0, 0.05) is 30.9 Å². The van der Waals surface area contributed by atoms with E-state index in [1.807, 2.05) is 36.5 Å². The molecule has 21 heavy (non-hydrogen) atoms. The molecule has 0 unspecified atom stereocenters. The molecule has 1 aromatic heterocycles. The lowest BCUT2D eigenvalue weighted by molar-refractivity contribution is -0.130. The second-order valence-electron chi connectivity index (χ2n) is 4.99. The average Bonchev–Trinajstić information content (AvgIpc) is 3.03. The van der Waals surface area contributed by atoms with Crippen LogP contribution in [-0.4, -0.2) is 33.8 Å².